The molecule has 0 radical (unpaired) electrons. The van der Waals surface area contributed by atoms with Crippen LogP contribution in [0.3, 0.4) is 0 Å². The van der Waals surface area contributed by atoms with E-state index in [4.69, 9.17) is 12.2 Å². The van der Waals surface area contributed by atoms with Gasteiger partial charge < -0.3 is 10.6 Å². The number of amides is 2. The van der Waals surface area contributed by atoms with Gasteiger partial charge in [0.1, 0.15) is 0 Å². The molecule has 2 aromatic rings. The van der Waals surface area contributed by atoms with Gasteiger partial charge in [0.15, 0.2) is 5.11 Å². The van der Waals surface area contributed by atoms with Crippen molar-refractivity contribution in [3.05, 3.63) is 88.5 Å². The molecular formula is C20H18N4O4S. The Hall–Kier alpha value is -3.85. The molecule has 0 bridgehead atoms. The highest BCUT2D eigenvalue weighted by atomic mass is 32.1. The molecule has 0 heterocycles. The van der Waals surface area contributed by atoms with E-state index >= 15 is 0 Å². The van der Waals surface area contributed by atoms with E-state index in [-0.39, 0.29) is 16.7 Å². The average Bonchev–Trinajstić information content (AvgIpc) is 2.71. The van der Waals surface area contributed by atoms with Crippen molar-refractivity contribution in [3.63, 3.8) is 0 Å². The van der Waals surface area contributed by atoms with Crippen LogP contribution in [0.25, 0.3) is 6.08 Å². The number of anilines is 1. The zero-order chi connectivity index (χ0) is 21.2. The Bertz CT molecular complexity index is 971. The molecule has 148 valence electrons. The van der Waals surface area contributed by atoms with E-state index in [1.165, 1.54) is 36.4 Å². The third-order valence-electron chi connectivity index (χ3n) is 3.59. The largest absolute Gasteiger partial charge is 0.349 e. The molecule has 0 fully saturated rings. The molecule has 0 aliphatic rings. The van der Waals surface area contributed by atoms with Gasteiger partial charge in [-0.25, -0.2) is 0 Å². The summed E-state index contributed by atoms with van der Waals surface area (Å²) in [5.41, 5.74) is 1.40. The summed E-state index contributed by atoms with van der Waals surface area (Å²) >= 11 is 5.12. The first-order valence-corrected chi connectivity index (χ1v) is 8.84. The van der Waals surface area contributed by atoms with Crippen LogP contribution >= 0.6 is 12.2 Å². The molecule has 3 N–H and O–H groups in total. The number of para-hydroxylation sites is 1. The van der Waals surface area contributed by atoms with Crippen LogP contribution in [-0.2, 0) is 4.79 Å². The molecule has 2 rings (SSSR count). The van der Waals surface area contributed by atoms with Crippen LogP contribution < -0.4 is 16.0 Å². The summed E-state index contributed by atoms with van der Waals surface area (Å²) in [5, 5.41) is 18.6. The molecule has 0 saturated heterocycles. The lowest BCUT2D eigenvalue weighted by atomic mass is 10.1. The van der Waals surface area contributed by atoms with Crippen LogP contribution in [0.5, 0.6) is 0 Å². The molecule has 0 spiro atoms. The van der Waals surface area contributed by atoms with Gasteiger partial charge in [-0.2, -0.15) is 0 Å². The summed E-state index contributed by atoms with van der Waals surface area (Å²) in [6, 6.07) is 12.5. The van der Waals surface area contributed by atoms with Gasteiger partial charge in [0.25, 0.3) is 11.6 Å². The summed E-state index contributed by atoms with van der Waals surface area (Å²) < 4.78 is 0. The molecular weight excluding hydrogens is 392 g/mol. The third-order valence-corrected chi connectivity index (χ3v) is 3.80. The lowest BCUT2D eigenvalue weighted by Gasteiger charge is -2.12. The summed E-state index contributed by atoms with van der Waals surface area (Å²) in [6.45, 7) is 3.87. The maximum Gasteiger partial charge on any atom is 0.269 e. The van der Waals surface area contributed by atoms with Crippen LogP contribution in [-0.4, -0.2) is 28.4 Å². The monoisotopic (exact) mass is 410 g/mol. The number of nitro groups is 1. The van der Waals surface area contributed by atoms with Crippen molar-refractivity contribution in [1.29, 1.82) is 0 Å². The Morgan fingerprint density at radius 1 is 1.14 bits per heavy atom. The van der Waals surface area contributed by atoms with Gasteiger partial charge in [-0.3, -0.25) is 25.0 Å². The quantitative estimate of drug-likeness (QED) is 0.213. The highest BCUT2D eigenvalue weighted by Crippen LogP contribution is 2.15. The SMILES string of the molecule is C=CCNC(=O)c1ccccc1NC(=S)NC(=O)/C=C/c1ccc([N+](=O)[O-])cc1. The van der Waals surface area contributed by atoms with Crippen LogP contribution in [0.2, 0.25) is 0 Å². The van der Waals surface area contributed by atoms with E-state index in [0.717, 1.165) is 0 Å². The Balaban J connectivity index is 1.97. The van der Waals surface area contributed by atoms with Gasteiger partial charge in [-0.05, 0) is 48.1 Å². The first-order chi connectivity index (χ1) is 13.9. The minimum absolute atomic E-state index is 0.0207. The number of benzene rings is 2. The number of non-ortho nitro benzene ring substituents is 1. The van der Waals surface area contributed by atoms with E-state index in [0.29, 0.717) is 23.4 Å². The summed E-state index contributed by atoms with van der Waals surface area (Å²) in [5.74, 6) is -0.797. The second-order valence-corrected chi connectivity index (χ2v) is 6.08. The Kier molecular flexibility index (Phi) is 7.75. The number of hydrogen-bond donors (Lipinski definition) is 3. The van der Waals surface area contributed by atoms with E-state index < -0.39 is 10.8 Å². The van der Waals surface area contributed by atoms with Gasteiger partial charge in [0.05, 0.1) is 16.2 Å². The van der Waals surface area contributed by atoms with Crippen LogP contribution in [0.1, 0.15) is 15.9 Å². The molecule has 29 heavy (non-hydrogen) atoms. The van der Waals surface area contributed by atoms with Crippen molar-refractivity contribution >= 4 is 46.6 Å². The number of carbonyl (C=O) groups is 2. The normalized spacial score (nSPS) is 10.2. The van der Waals surface area contributed by atoms with Gasteiger partial charge in [-0.1, -0.05) is 18.2 Å². The number of nitrogens with one attached hydrogen (secondary N) is 3. The smallest absolute Gasteiger partial charge is 0.269 e. The zero-order valence-corrected chi connectivity index (χ0v) is 16.1. The molecule has 0 aliphatic heterocycles. The maximum absolute atomic E-state index is 12.2. The maximum atomic E-state index is 12.2. The number of rotatable bonds is 7. The minimum Gasteiger partial charge on any atom is -0.349 e. The van der Waals surface area contributed by atoms with E-state index in [2.05, 4.69) is 22.5 Å². The fraction of sp³-hybridized carbons (Fsp3) is 0.0500. The van der Waals surface area contributed by atoms with Gasteiger partial charge in [0.2, 0.25) is 5.91 Å². The van der Waals surface area contributed by atoms with Crippen molar-refractivity contribution < 1.29 is 14.5 Å². The van der Waals surface area contributed by atoms with E-state index in [1.54, 1.807) is 30.3 Å². The Morgan fingerprint density at radius 2 is 1.83 bits per heavy atom. The number of thiocarbonyl (C=S) groups is 1. The first kappa shape index (κ1) is 21.5. The predicted octanol–water partition coefficient (Wildman–Crippen LogP) is 3.04. The number of carbonyl (C=O) groups excluding carboxylic acids is 2. The van der Waals surface area contributed by atoms with E-state index in [1.807, 2.05) is 0 Å². The molecule has 2 aromatic carbocycles. The average molecular weight is 410 g/mol. The lowest BCUT2D eigenvalue weighted by Crippen LogP contribution is -2.34. The first-order valence-electron chi connectivity index (χ1n) is 8.43. The summed E-state index contributed by atoms with van der Waals surface area (Å²) in [6.07, 6.45) is 4.31. The molecule has 2 amide bonds. The Morgan fingerprint density at radius 3 is 2.48 bits per heavy atom. The predicted molar refractivity (Wildman–Crippen MR) is 115 cm³/mol. The van der Waals surface area contributed by atoms with Gasteiger partial charge in [-0.15, -0.1) is 6.58 Å². The van der Waals surface area contributed by atoms with Crippen molar-refractivity contribution in [1.82, 2.24) is 10.6 Å². The second-order valence-electron chi connectivity index (χ2n) is 5.67. The Labute approximate surface area is 172 Å². The number of hydrogen-bond acceptors (Lipinski definition) is 5. The molecule has 9 heteroatoms. The van der Waals surface area contributed by atoms with Crippen molar-refractivity contribution in [2.24, 2.45) is 0 Å². The standard InChI is InChI=1S/C20H18N4O4S/c1-2-13-21-19(26)16-5-3-4-6-17(16)22-20(29)23-18(25)12-9-14-7-10-15(11-8-14)24(27)28/h2-12H,1,13H2,(H,21,26)(H2,22,23,25,29)/b12-9+. The highest BCUT2D eigenvalue weighted by Gasteiger charge is 2.11. The zero-order valence-electron chi connectivity index (χ0n) is 15.3. The lowest BCUT2D eigenvalue weighted by molar-refractivity contribution is -0.384. The molecule has 0 aromatic heterocycles. The minimum atomic E-state index is -0.500. The third kappa shape index (κ3) is 6.67. The van der Waals surface area contributed by atoms with Gasteiger partial charge >= 0.3 is 0 Å². The number of nitrogens with zero attached hydrogens (tertiary/aromatic N) is 1. The van der Waals surface area contributed by atoms with Crippen molar-refractivity contribution in [2.75, 3.05) is 11.9 Å². The molecule has 0 atom stereocenters. The molecule has 0 aliphatic carbocycles. The van der Waals surface area contributed by atoms with Crippen LogP contribution in [0.15, 0.2) is 67.3 Å². The molecule has 0 saturated carbocycles. The van der Waals surface area contributed by atoms with Crippen molar-refractivity contribution in [3.8, 4) is 0 Å². The van der Waals surface area contributed by atoms with E-state index in [9.17, 15) is 19.7 Å². The summed E-state index contributed by atoms with van der Waals surface area (Å²) in [7, 11) is 0. The summed E-state index contributed by atoms with van der Waals surface area (Å²) in [4.78, 5) is 34.3. The topological polar surface area (TPSA) is 113 Å². The molecule has 8 nitrogen and oxygen atoms in total. The van der Waals surface area contributed by atoms with Crippen LogP contribution in [0, 0.1) is 10.1 Å². The number of nitro benzene ring substituents is 1. The highest BCUT2D eigenvalue weighted by molar-refractivity contribution is 7.80. The second kappa shape index (κ2) is 10.5. The fourth-order valence-electron chi connectivity index (χ4n) is 2.24. The molecule has 0 unspecified atom stereocenters. The fourth-order valence-corrected chi connectivity index (χ4v) is 2.45. The van der Waals surface area contributed by atoms with Crippen molar-refractivity contribution in [2.45, 2.75) is 0 Å². The van der Waals surface area contributed by atoms with Crippen LogP contribution in [0.4, 0.5) is 11.4 Å². The van der Waals surface area contributed by atoms with Gasteiger partial charge in [0, 0.05) is 24.8 Å².